The molecule has 0 aromatic heterocycles. The third-order valence-corrected chi connectivity index (χ3v) is 6.89. The van der Waals surface area contributed by atoms with Gasteiger partial charge < -0.3 is 19.9 Å². The molecule has 0 radical (unpaired) electrons. The van der Waals surface area contributed by atoms with Crippen LogP contribution in [0.1, 0.15) is 74.5 Å². The Balaban J connectivity index is 1.43. The molecule has 0 aliphatic heterocycles. The fourth-order valence-electron chi connectivity index (χ4n) is 4.56. The van der Waals surface area contributed by atoms with Crippen molar-refractivity contribution in [3.8, 4) is 0 Å². The summed E-state index contributed by atoms with van der Waals surface area (Å²) in [5.41, 5.74) is 8.98. The summed E-state index contributed by atoms with van der Waals surface area (Å²) in [7, 11) is 0. The number of nitrogens with two attached hydrogens (primary N) is 1. The van der Waals surface area contributed by atoms with Gasteiger partial charge in [-0.15, -0.1) is 0 Å². The first-order valence-corrected chi connectivity index (χ1v) is 14.3. The molecule has 2 N–H and O–H groups in total. The quantitative estimate of drug-likeness (QED) is 0.142. The topological polar surface area (TPSA) is 105 Å². The predicted molar refractivity (Wildman–Crippen MR) is 157 cm³/mol. The van der Waals surface area contributed by atoms with Crippen molar-refractivity contribution >= 4 is 17.9 Å². The van der Waals surface area contributed by atoms with Gasteiger partial charge in [-0.1, -0.05) is 91.0 Å². The van der Waals surface area contributed by atoms with Crippen molar-refractivity contribution in [2.24, 2.45) is 5.73 Å². The van der Waals surface area contributed by atoms with Gasteiger partial charge in [-0.3, -0.25) is 14.4 Å². The largest absolute Gasteiger partial charge is 0.461 e. The molecule has 0 amide bonds. The third kappa shape index (κ3) is 13.3. The van der Waals surface area contributed by atoms with E-state index in [9.17, 15) is 14.4 Å². The van der Waals surface area contributed by atoms with Gasteiger partial charge in [0.2, 0.25) is 0 Å². The molecule has 41 heavy (non-hydrogen) atoms. The molecule has 218 valence electrons. The molecule has 0 spiro atoms. The fraction of sp³-hybridized carbons (Fsp3) is 0.382. The van der Waals surface area contributed by atoms with E-state index < -0.39 is 5.54 Å². The predicted octanol–water partition coefficient (Wildman–Crippen LogP) is 6.43. The van der Waals surface area contributed by atoms with Gasteiger partial charge in [0.25, 0.3) is 0 Å². The van der Waals surface area contributed by atoms with Crippen molar-refractivity contribution in [3.05, 3.63) is 108 Å². The zero-order chi connectivity index (χ0) is 29.2. The Hall–Kier alpha value is -3.97. The van der Waals surface area contributed by atoms with Crippen molar-refractivity contribution in [2.45, 2.75) is 83.1 Å². The highest BCUT2D eigenvalue weighted by atomic mass is 16.5. The number of ether oxygens (including phenoxy) is 3. The van der Waals surface area contributed by atoms with Gasteiger partial charge in [-0.25, -0.2) is 0 Å². The fourth-order valence-corrected chi connectivity index (χ4v) is 4.56. The normalized spacial score (nSPS) is 11.0. The SMILES string of the molecule is NC(CCCC(=O)OCc1ccccc1)(CCCC(=O)OCc1ccccc1)CCCC(=O)OCc1ccccc1. The van der Waals surface area contributed by atoms with Crippen LogP contribution in [0, 0.1) is 0 Å². The van der Waals surface area contributed by atoms with E-state index in [2.05, 4.69) is 0 Å². The number of hydrogen-bond acceptors (Lipinski definition) is 7. The average molecular weight is 560 g/mol. The van der Waals surface area contributed by atoms with Crippen LogP contribution < -0.4 is 5.73 Å². The molecule has 3 aromatic rings. The maximum atomic E-state index is 12.3. The number of carbonyl (C=O) groups is 3. The van der Waals surface area contributed by atoms with Crippen molar-refractivity contribution in [1.29, 1.82) is 0 Å². The minimum atomic E-state index is -0.626. The summed E-state index contributed by atoms with van der Waals surface area (Å²) in [5.74, 6) is -0.819. The monoisotopic (exact) mass is 559 g/mol. The zero-order valence-electron chi connectivity index (χ0n) is 23.7. The number of benzene rings is 3. The highest BCUT2D eigenvalue weighted by molar-refractivity contribution is 5.70. The van der Waals surface area contributed by atoms with Crippen molar-refractivity contribution in [2.75, 3.05) is 0 Å². The van der Waals surface area contributed by atoms with Crippen LogP contribution in [-0.2, 0) is 48.4 Å². The number of carbonyl (C=O) groups excluding carboxylic acids is 3. The second-order valence-corrected chi connectivity index (χ2v) is 10.4. The molecular weight excluding hydrogens is 518 g/mol. The summed E-state index contributed by atoms with van der Waals surface area (Å²) < 4.78 is 16.2. The summed E-state index contributed by atoms with van der Waals surface area (Å²) in [6.45, 7) is 0.719. The lowest BCUT2D eigenvalue weighted by molar-refractivity contribution is -0.145. The molecule has 0 aliphatic rings. The highest BCUT2D eigenvalue weighted by Gasteiger charge is 2.25. The number of hydrogen-bond donors (Lipinski definition) is 1. The van der Waals surface area contributed by atoms with Crippen molar-refractivity contribution in [1.82, 2.24) is 0 Å². The molecule has 0 atom stereocenters. The van der Waals surface area contributed by atoms with E-state index in [1.807, 2.05) is 91.0 Å². The molecule has 3 rings (SSSR count). The molecular formula is C34H41NO6. The van der Waals surface area contributed by atoms with Crippen LogP contribution in [0.4, 0.5) is 0 Å². The summed E-state index contributed by atoms with van der Waals surface area (Å²) in [6, 6.07) is 28.6. The van der Waals surface area contributed by atoms with E-state index in [1.165, 1.54) is 0 Å². The highest BCUT2D eigenvalue weighted by Crippen LogP contribution is 2.26. The zero-order valence-corrected chi connectivity index (χ0v) is 23.7. The second-order valence-electron chi connectivity index (χ2n) is 10.4. The molecule has 0 heterocycles. The number of rotatable bonds is 18. The first-order valence-electron chi connectivity index (χ1n) is 14.3. The standard InChI is InChI=1S/C34H41NO6/c35-34(22-10-19-31(36)39-25-28-13-4-1-5-14-28,23-11-20-32(37)40-26-29-15-6-2-7-16-29)24-12-21-33(38)41-27-30-17-8-3-9-18-30/h1-9,13-18H,10-12,19-27,35H2. The van der Waals surface area contributed by atoms with E-state index in [0.717, 1.165) is 16.7 Å². The Labute approximate surface area is 243 Å². The summed E-state index contributed by atoms with van der Waals surface area (Å²) in [4.78, 5) is 36.9. The Bertz CT molecular complexity index is 1030. The van der Waals surface area contributed by atoms with Gasteiger partial charge in [0.1, 0.15) is 19.8 Å². The molecule has 0 saturated heterocycles. The molecule has 0 aliphatic carbocycles. The lowest BCUT2D eigenvalue weighted by Crippen LogP contribution is -2.40. The van der Waals surface area contributed by atoms with Crippen molar-refractivity contribution in [3.63, 3.8) is 0 Å². The Morgan fingerprint density at radius 2 is 0.756 bits per heavy atom. The molecule has 3 aromatic carbocycles. The van der Waals surface area contributed by atoms with Crippen LogP contribution in [0.25, 0.3) is 0 Å². The Morgan fingerprint density at radius 1 is 0.488 bits per heavy atom. The molecule has 0 unspecified atom stereocenters. The van der Waals surface area contributed by atoms with Gasteiger partial charge in [-0.05, 0) is 55.2 Å². The van der Waals surface area contributed by atoms with E-state index in [4.69, 9.17) is 19.9 Å². The van der Waals surface area contributed by atoms with Gasteiger partial charge >= 0.3 is 17.9 Å². The van der Waals surface area contributed by atoms with Gasteiger partial charge in [0.15, 0.2) is 0 Å². The molecule has 0 bridgehead atoms. The van der Waals surface area contributed by atoms with Crippen molar-refractivity contribution < 1.29 is 28.6 Å². The molecule has 0 saturated carbocycles. The first kappa shape index (κ1) is 31.6. The van der Waals surface area contributed by atoms with Crippen LogP contribution in [0.15, 0.2) is 91.0 Å². The molecule has 0 fully saturated rings. The van der Waals surface area contributed by atoms with Crippen LogP contribution in [0.5, 0.6) is 0 Å². The van der Waals surface area contributed by atoms with Crippen LogP contribution in [0.2, 0.25) is 0 Å². The van der Waals surface area contributed by atoms with E-state index in [1.54, 1.807) is 0 Å². The molecule has 7 nitrogen and oxygen atoms in total. The first-order chi connectivity index (χ1) is 19.9. The maximum Gasteiger partial charge on any atom is 0.306 e. The van der Waals surface area contributed by atoms with Crippen LogP contribution in [0.3, 0.4) is 0 Å². The summed E-state index contributed by atoms with van der Waals surface area (Å²) in [6.07, 6.45) is 4.16. The third-order valence-electron chi connectivity index (χ3n) is 6.89. The Morgan fingerprint density at radius 3 is 1.02 bits per heavy atom. The van der Waals surface area contributed by atoms with E-state index in [-0.39, 0.29) is 57.0 Å². The minimum absolute atomic E-state index is 0.240. The van der Waals surface area contributed by atoms with Gasteiger partial charge in [0.05, 0.1) is 0 Å². The lowest BCUT2D eigenvalue weighted by atomic mass is 9.83. The van der Waals surface area contributed by atoms with Gasteiger partial charge in [-0.2, -0.15) is 0 Å². The molecule has 7 heteroatoms. The van der Waals surface area contributed by atoms with Gasteiger partial charge in [0, 0.05) is 24.8 Å². The second kappa shape index (κ2) is 17.7. The average Bonchev–Trinajstić information content (AvgIpc) is 2.99. The maximum absolute atomic E-state index is 12.3. The Kier molecular flexibility index (Phi) is 13.6. The van der Waals surface area contributed by atoms with E-state index >= 15 is 0 Å². The van der Waals surface area contributed by atoms with Crippen LogP contribution in [-0.4, -0.2) is 23.4 Å². The summed E-state index contributed by atoms with van der Waals surface area (Å²) >= 11 is 0. The number of esters is 3. The smallest absolute Gasteiger partial charge is 0.306 e. The van der Waals surface area contributed by atoms with Crippen LogP contribution >= 0.6 is 0 Å². The minimum Gasteiger partial charge on any atom is -0.461 e. The summed E-state index contributed by atoms with van der Waals surface area (Å²) in [5, 5.41) is 0. The lowest BCUT2D eigenvalue weighted by Gasteiger charge is -2.29. The van der Waals surface area contributed by atoms with E-state index in [0.29, 0.717) is 38.5 Å².